The molecule has 1 aliphatic carbocycles. The minimum Gasteiger partial charge on any atom is -0.338 e. The van der Waals surface area contributed by atoms with E-state index in [-0.39, 0.29) is 17.9 Å². The Morgan fingerprint density at radius 3 is 2.76 bits per heavy atom. The summed E-state index contributed by atoms with van der Waals surface area (Å²) in [5, 5.41) is 0. The van der Waals surface area contributed by atoms with Gasteiger partial charge < -0.3 is 15.5 Å². The maximum Gasteiger partial charge on any atom is 0.229 e. The van der Waals surface area contributed by atoms with Crippen molar-refractivity contribution < 1.29 is 4.79 Å². The van der Waals surface area contributed by atoms with Crippen LogP contribution in [0, 0.1) is 5.92 Å². The van der Waals surface area contributed by atoms with Gasteiger partial charge in [0.25, 0.3) is 0 Å². The fraction of sp³-hybridized carbons (Fsp3) is 0.769. The zero-order chi connectivity index (χ0) is 12.4. The average molecular weight is 237 g/mol. The molecule has 0 aromatic rings. The molecular formula is C13H23N3O. The Bertz CT molecular complexity index is 316. The molecule has 0 aromatic heterocycles. The van der Waals surface area contributed by atoms with Gasteiger partial charge in [-0.05, 0) is 33.4 Å². The van der Waals surface area contributed by atoms with Gasteiger partial charge in [0, 0.05) is 25.2 Å². The molecule has 0 aromatic carbocycles. The molecule has 17 heavy (non-hydrogen) atoms. The first kappa shape index (κ1) is 12.6. The van der Waals surface area contributed by atoms with Crippen molar-refractivity contribution in [1.29, 1.82) is 0 Å². The number of carbonyl (C=O) groups excluding carboxylic acids is 1. The Labute approximate surface area is 103 Å². The third kappa shape index (κ3) is 2.87. The van der Waals surface area contributed by atoms with E-state index in [9.17, 15) is 4.79 Å². The van der Waals surface area contributed by atoms with Crippen molar-refractivity contribution in [2.75, 3.05) is 26.7 Å². The highest BCUT2D eigenvalue weighted by molar-refractivity contribution is 5.81. The van der Waals surface area contributed by atoms with Gasteiger partial charge in [0.2, 0.25) is 5.91 Å². The zero-order valence-corrected chi connectivity index (χ0v) is 10.8. The Hall–Kier alpha value is -0.870. The highest BCUT2D eigenvalue weighted by Crippen LogP contribution is 2.21. The molecule has 4 heteroatoms. The highest BCUT2D eigenvalue weighted by Gasteiger charge is 2.30. The Morgan fingerprint density at radius 1 is 1.35 bits per heavy atom. The number of nitrogens with zero attached hydrogens (tertiary/aromatic N) is 2. The lowest BCUT2D eigenvalue weighted by atomic mass is 10.1. The fourth-order valence-corrected chi connectivity index (χ4v) is 2.82. The molecule has 2 rings (SSSR count). The van der Waals surface area contributed by atoms with Gasteiger partial charge in [-0.15, -0.1) is 0 Å². The van der Waals surface area contributed by atoms with E-state index in [2.05, 4.69) is 18.9 Å². The molecule has 1 aliphatic heterocycles. The van der Waals surface area contributed by atoms with E-state index in [0.717, 1.165) is 32.5 Å². The number of amides is 1. The topological polar surface area (TPSA) is 49.6 Å². The van der Waals surface area contributed by atoms with Gasteiger partial charge in [0.1, 0.15) is 0 Å². The van der Waals surface area contributed by atoms with Crippen molar-refractivity contribution in [1.82, 2.24) is 9.80 Å². The molecule has 96 valence electrons. The Kier molecular flexibility index (Phi) is 3.84. The number of hydrogen-bond donors (Lipinski definition) is 1. The van der Waals surface area contributed by atoms with Crippen LogP contribution in [-0.2, 0) is 4.79 Å². The van der Waals surface area contributed by atoms with Gasteiger partial charge >= 0.3 is 0 Å². The third-order valence-corrected chi connectivity index (χ3v) is 3.76. The SMILES string of the molecule is CC1CN(C)CCCN1C(=O)C1C=CC(N)C1. The molecular weight excluding hydrogens is 214 g/mol. The molecule has 1 heterocycles. The van der Waals surface area contributed by atoms with E-state index in [1.807, 2.05) is 17.1 Å². The van der Waals surface area contributed by atoms with Crippen LogP contribution in [-0.4, -0.2) is 54.5 Å². The van der Waals surface area contributed by atoms with Gasteiger partial charge in [-0.2, -0.15) is 0 Å². The summed E-state index contributed by atoms with van der Waals surface area (Å²) in [6.45, 7) is 5.06. The van der Waals surface area contributed by atoms with Crippen LogP contribution in [0.2, 0.25) is 0 Å². The van der Waals surface area contributed by atoms with Gasteiger partial charge in [-0.25, -0.2) is 0 Å². The van der Waals surface area contributed by atoms with E-state index in [0.29, 0.717) is 6.04 Å². The minimum atomic E-state index is 0.0101. The molecule has 3 atom stereocenters. The van der Waals surface area contributed by atoms with Crippen molar-refractivity contribution in [3.63, 3.8) is 0 Å². The molecule has 1 fully saturated rings. The third-order valence-electron chi connectivity index (χ3n) is 3.76. The monoisotopic (exact) mass is 237 g/mol. The molecule has 2 aliphatic rings. The first-order valence-electron chi connectivity index (χ1n) is 6.51. The van der Waals surface area contributed by atoms with E-state index in [1.54, 1.807) is 0 Å². The van der Waals surface area contributed by atoms with E-state index < -0.39 is 0 Å². The quantitative estimate of drug-likeness (QED) is 0.673. The summed E-state index contributed by atoms with van der Waals surface area (Å²) >= 11 is 0. The summed E-state index contributed by atoms with van der Waals surface area (Å²) in [6, 6.07) is 0.370. The zero-order valence-electron chi connectivity index (χ0n) is 10.8. The van der Waals surface area contributed by atoms with Crippen LogP contribution in [0.3, 0.4) is 0 Å². The van der Waals surface area contributed by atoms with E-state index >= 15 is 0 Å². The molecule has 1 saturated heterocycles. The van der Waals surface area contributed by atoms with Crippen molar-refractivity contribution in [3.05, 3.63) is 12.2 Å². The molecule has 4 nitrogen and oxygen atoms in total. The summed E-state index contributed by atoms with van der Waals surface area (Å²) in [4.78, 5) is 16.8. The smallest absolute Gasteiger partial charge is 0.229 e. The first-order valence-corrected chi connectivity index (χ1v) is 6.51. The second kappa shape index (κ2) is 5.19. The fourth-order valence-electron chi connectivity index (χ4n) is 2.82. The molecule has 1 amide bonds. The number of rotatable bonds is 1. The maximum absolute atomic E-state index is 12.4. The van der Waals surface area contributed by atoms with Crippen LogP contribution >= 0.6 is 0 Å². The lowest BCUT2D eigenvalue weighted by Crippen LogP contribution is -2.44. The lowest BCUT2D eigenvalue weighted by Gasteiger charge is -2.30. The van der Waals surface area contributed by atoms with Gasteiger partial charge in [0.05, 0.1) is 5.92 Å². The minimum absolute atomic E-state index is 0.0101. The van der Waals surface area contributed by atoms with Gasteiger partial charge in [-0.1, -0.05) is 12.2 Å². The van der Waals surface area contributed by atoms with Crippen molar-refractivity contribution >= 4 is 5.91 Å². The van der Waals surface area contributed by atoms with Gasteiger partial charge in [0.15, 0.2) is 0 Å². The predicted molar refractivity (Wildman–Crippen MR) is 68.5 cm³/mol. The number of hydrogen-bond acceptors (Lipinski definition) is 3. The average Bonchev–Trinajstić information content (AvgIpc) is 2.62. The first-order chi connectivity index (χ1) is 8.08. The summed E-state index contributed by atoms with van der Waals surface area (Å²) in [5.41, 5.74) is 5.81. The highest BCUT2D eigenvalue weighted by atomic mass is 16.2. The Morgan fingerprint density at radius 2 is 2.12 bits per heavy atom. The largest absolute Gasteiger partial charge is 0.338 e. The number of likely N-dealkylation sites (N-methyl/N-ethyl adjacent to an activating group) is 1. The lowest BCUT2D eigenvalue weighted by molar-refractivity contribution is -0.135. The molecule has 0 spiro atoms. The maximum atomic E-state index is 12.4. The van der Waals surface area contributed by atoms with Gasteiger partial charge in [-0.3, -0.25) is 4.79 Å². The molecule has 0 radical (unpaired) electrons. The van der Waals surface area contributed by atoms with Crippen molar-refractivity contribution in [2.24, 2.45) is 11.7 Å². The van der Waals surface area contributed by atoms with Crippen LogP contribution in [0.4, 0.5) is 0 Å². The molecule has 3 unspecified atom stereocenters. The molecule has 0 bridgehead atoms. The summed E-state index contributed by atoms with van der Waals surface area (Å²) in [6.07, 6.45) is 5.78. The second-order valence-corrected chi connectivity index (χ2v) is 5.39. The standard InChI is InChI=1S/C13H23N3O/c1-10-9-15(2)6-3-7-16(10)13(17)11-4-5-12(14)8-11/h4-5,10-12H,3,6-9,14H2,1-2H3. The summed E-state index contributed by atoms with van der Waals surface area (Å²) in [7, 11) is 2.12. The van der Waals surface area contributed by atoms with Crippen molar-refractivity contribution in [2.45, 2.75) is 31.8 Å². The van der Waals surface area contributed by atoms with E-state index in [1.165, 1.54) is 0 Å². The van der Waals surface area contributed by atoms with Crippen LogP contribution in [0.1, 0.15) is 19.8 Å². The van der Waals surface area contributed by atoms with Crippen molar-refractivity contribution in [3.8, 4) is 0 Å². The van der Waals surface area contributed by atoms with Crippen LogP contribution in [0.5, 0.6) is 0 Å². The predicted octanol–water partition coefficient (Wildman–Crippen LogP) is 0.442. The number of nitrogens with two attached hydrogens (primary N) is 1. The number of carbonyl (C=O) groups is 1. The summed E-state index contributed by atoms with van der Waals surface area (Å²) in [5.74, 6) is 0.271. The van der Waals surface area contributed by atoms with Crippen LogP contribution in [0.15, 0.2) is 12.2 Å². The molecule has 0 saturated carbocycles. The molecule has 2 N–H and O–H groups in total. The summed E-state index contributed by atoms with van der Waals surface area (Å²) < 4.78 is 0. The van der Waals surface area contributed by atoms with Crippen LogP contribution in [0.25, 0.3) is 0 Å². The Balaban J connectivity index is 2.00. The normalized spacial score (nSPS) is 35.0. The van der Waals surface area contributed by atoms with E-state index in [4.69, 9.17) is 5.73 Å². The van der Waals surface area contributed by atoms with Crippen LogP contribution < -0.4 is 5.73 Å². The second-order valence-electron chi connectivity index (χ2n) is 5.39.